The van der Waals surface area contributed by atoms with Crippen LogP contribution in [0.5, 0.6) is 0 Å². The summed E-state index contributed by atoms with van der Waals surface area (Å²) in [6.45, 7) is 0.719. The molecule has 1 aliphatic rings. The van der Waals surface area contributed by atoms with Crippen molar-refractivity contribution in [1.29, 1.82) is 0 Å². The van der Waals surface area contributed by atoms with E-state index < -0.39 is 0 Å². The lowest BCUT2D eigenvalue weighted by Crippen LogP contribution is -2.42. The van der Waals surface area contributed by atoms with E-state index in [4.69, 9.17) is 5.73 Å². The Kier molecular flexibility index (Phi) is 2.80. The molecule has 0 aromatic carbocycles. The van der Waals surface area contributed by atoms with E-state index in [9.17, 15) is 4.79 Å². The van der Waals surface area contributed by atoms with Gasteiger partial charge >= 0.3 is 6.03 Å². The van der Waals surface area contributed by atoms with E-state index in [-0.39, 0.29) is 12.1 Å². The summed E-state index contributed by atoms with van der Waals surface area (Å²) < 4.78 is 0. The highest BCUT2D eigenvalue weighted by molar-refractivity contribution is 5.72. The number of aromatic nitrogens is 2. The predicted molar refractivity (Wildman–Crippen MR) is 54.9 cm³/mol. The Labute approximate surface area is 88.3 Å². The second-order valence-corrected chi connectivity index (χ2v) is 3.69. The van der Waals surface area contributed by atoms with Gasteiger partial charge in [0, 0.05) is 12.7 Å². The van der Waals surface area contributed by atoms with Gasteiger partial charge in [-0.05, 0) is 31.4 Å². The summed E-state index contributed by atoms with van der Waals surface area (Å²) in [5.74, 6) is 0. The maximum atomic E-state index is 11.2. The molecule has 0 saturated carbocycles. The van der Waals surface area contributed by atoms with E-state index in [1.54, 1.807) is 11.1 Å². The molecule has 5 nitrogen and oxygen atoms in total. The molecule has 5 heteroatoms. The molecule has 0 radical (unpaired) electrons. The van der Waals surface area contributed by atoms with Crippen LogP contribution in [0.4, 0.5) is 4.79 Å². The molecule has 2 amide bonds. The predicted octanol–water partition coefficient (Wildman–Crippen LogP) is 1.08. The van der Waals surface area contributed by atoms with Crippen molar-refractivity contribution in [2.75, 3.05) is 6.54 Å². The fraction of sp³-hybridized carbons (Fsp3) is 0.500. The second-order valence-electron chi connectivity index (χ2n) is 3.69. The standard InChI is InChI=1S/C10H14N4O/c11-10(15)14-7-2-1-5-9(14)8-4-3-6-12-13-8/h3-4,6,9H,1-2,5,7H2,(H2,11,15). The van der Waals surface area contributed by atoms with Crippen molar-refractivity contribution in [2.45, 2.75) is 25.3 Å². The highest BCUT2D eigenvalue weighted by Crippen LogP contribution is 2.28. The quantitative estimate of drug-likeness (QED) is 0.747. The summed E-state index contributed by atoms with van der Waals surface area (Å²) in [5.41, 5.74) is 6.16. The van der Waals surface area contributed by atoms with Crippen molar-refractivity contribution in [1.82, 2.24) is 15.1 Å². The number of carbonyl (C=O) groups excluding carboxylic acids is 1. The molecule has 0 aliphatic carbocycles. The third-order valence-corrected chi connectivity index (χ3v) is 2.72. The summed E-state index contributed by atoms with van der Waals surface area (Å²) in [7, 11) is 0. The van der Waals surface area contributed by atoms with Gasteiger partial charge in [0.1, 0.15) is 0 Å². The van der Waals surface area contributed by atoms with Gasteiger partial charge in [-0.15, -0.1) is 0 Å². The normalized spacial score (nSPS) is 21.3. The molecular weight excluding hydrogens is 192 g/mol. The van der Waals surface area contributed by atoms with Gasteiger partial charge in [0.2, 0.25) is 0 Å². The number of piperidine rings is 1. The molecule has 2 heterocycles. The molecule has 2 rings (SSSR count). The van der Waals surface area contributed by atoms with E-state index >= 15 is 0 Å². The van der Waals surface area contributed by atoms with Crippen LogP contribution in [0.1, 0.15) is 31.0 Å². The van der Waals surface area contributed by atoms with Gasteiger partial charge in [-0.3, -0.25) is 0 Å². The van der Waals surface area contributed by atoms with Gasteiger partial charge in [0.05, 0.1) is 11.7 Å². The number of hydrogen-bond donors (Lipinski definition) is 1. The number of amides is 2. The molecule has 0 bridgehead atoms. The summed E-state index contributed by atoms with van der Waals surface area (Å²) in [4.78, 5) is 12.9. The van der Waals surface area contributed by atoms with Crippen molar-refractivity contribution in [2.24, 2.45) is 5.73 Å². The minimum Gasteiger partial charge on any atom is -0.351 e. The summed E-state index contributed by atoms with van der Waals surface area (Å²) in [6, 6.07) is 3.35. The van der Waals surface area contributed by atoms with E-state index in [0.29, 0.717) is 0 Å². The van der Waals surface area contributed by atoms with Crippen LogP contribution in [0, 0.1) is 0 Å². The third-order valence-electron chi connectivity index (χ3n) is 2.72. The number of hydrogen-bond acceptors (Lipinski definition) is 3. The van der Waals surface area contributed by atoms with Gasteiger partial charge < -0.3 is 10.6 Å². The molecule has 1 aromatic heterocycles. The number of rotatable bonds is 1. The zero-order valence-corrected chi connectivity index (χ0v) is 8.47. The van der Waals surface area contributed by atoms with Crippen LogP contribution in [-0.4, -0.2) is 27.7 Å². The van der Waals surface area contributed by atoms with Gasteiger partial charge in [-0.1, -0.05) is 0 Å². The monoisotopic (exact) mass is 206 g/mol. The highest BCUT2D eigenvalue weighted by atomic mass is 16.2. The summed E-state index contributed by atoms with van der Waals surface area (Å²) in [5, 5.41) is 7.86. The van der Waals surface area contributed by atoms with Gasteiger partial charge in [-0.2, -0.15) is 10.2 Å². The van der Waals surface area contributed by atoms with Crippen LogP contribution in [0.25, 0.3) is 0 Å². The number of urea groups is 1. The molecule has 1 saturated heterocycles. The Balaban J connectivity index is 2.22. The minimum atomic E-state index is -0.370. The molecule has 1 aromatic rings. The van der Waals surface area contributed by atoms with Crippen LogP contribution in [0.3, 0.4) is 0 Å². The van der Waals surface area contributed by atoms with Crippen molar-refractivity contribution >= 4 is 6.03 Å². The lowest BCUT2D eigenvalue weighted by Gasteiger charge is -2.33. The number of nitrogens with zero attached hydrogens (tertiary/aromatic N) is 3. The number of nitrogens with two attached hydrogens (primary N) is 1. The number of primary amides is 1. The van der Waals surface area contributed by atoms with Crippen LogP contribution in [0.15, 0.2) is 18.3 Å². The van der Waals surface area contributed by atoms with E-state index in [2.05, 4.69) is 10.2 Å². The molecular formula is C10H14N4O. The average molecular weight is 206 g/mol. The molecule has 0 spiro atoms. The maximum Gasteiger partial charge on any atom is 0.315 e. The first-order valence-electron chi connectivity index (χ1n) is 5.12. The Morgan fingerprint density at radius 2 is 2.40 bits per heavy atom. The second kappa shape index (κ2) is 4.25. The Bertz CT molecular complexity index is 341. The molecule has 1 aliphatic heterocycles. The molecule has 2 N–H and O–H groups in total. The van der Waals surface area contributed by atoms with Crippen LogP contribution in [0.2, 0.25) is 0 Å². The van der Waals surface area contributed by atoms with E-state index in [1.807, 2.05) is 12.1 Å². The Hall–Kier alpha value is -1.65. The number of carbonyl (C=O) groups is 1. The fourth-order valence-electron chi connectivity index (χ4n) is 1.99. The van der Waals surface area contributed by atoms with E-state index in [0.717, 1.165) is 31.5 Å². The van der Waals surface area contributed by atoms with Crippen LogP contribution < -0.4 is 5.73 Å². The zero-order valence-electron chi connectivity index (χ0n) is 8.47. The summed E-state index contributed by atoms with van der Waals surface area (Å²) >= 11 is 0. The lowest BCUT2D eigenvalue weighted by molar-refractivity contribution is 0.157. The highest BCUT2D eigenvalue weighted by Gasteiger charge is 2.27. The fourth-order valence-corrected chi connectivity index (χ4v) is 1.99. The molecule has 1 fully saturated rings. The summed E-state index contributed by atoms with van der Waals surface area (Å²) in [6.07, 6.45) is 4.66. The largest absolute Gasteiger partial charge is 0.351 e. The SMILES string of the molecule is NC(=O)N1CCCCC1c1cccnn1. The molecule has 80 valence electrons. The molecule has 1 unspecified atom stereocenters. The Morgan fingerprint density at radius 1 is 1.53 bits per heavy atom. The smallest absolute Gasteiger partial charge is 0.315 e. The lowest BCUT2D eigenvalue weighted by atomic mass is 10.00. The molecule has 15 heavy (non-hydrogen) atoms. The first kappa shape index (κ1) is 9.89. The van der Waals surface area contributed by atoms with Crippen molar-refractivity contribution in [3.63, 3.8) is 0 Å². The van der Waals surface area contributed by atoms with Gasteiger partial charge in [0.15, 0.2) is 0 Å². The minimum absolute atomic E-state index is 0.00458. The average Bonchev–Trinajstić information content (AvgIpc) is 2.30. The van der Waals surface area contributed by atoms with E-state index in [1.165, 1.54) is 0 Å². The first-order valence-corrected chi connectivity index (χ1v) is 5.12. The van der Waals surface area contributed by atoms with Crippen LogP contribution in [-0.2, 0) is 0 Å². The molecule has 1 atom stereocenters. The maximum absolute atomic E-state index is 11.2. The zero-order chi connectivity index (χ0) is 10.7. The van der Waals surface area contributed by atoms with Gasteiger partial charge in [0.25, 0.3) is 0 Å². The topological polar surface area (TPSA) is 72.1 Å². The Morgan fingerprint density at radius 3 is 3.07 bits per heavy atom. The first-order chi connectivity index (χ1) is 7.29. The van der Waals surface area contributed by atoms with Crippen molar-refractivity contribution < 1.29 is 4.79 Å². The van der Waals surface area contributed by atoms with Crippen molar-refractivity contribution in [3.05, 3.63) is 24.0 Å². The third kappa shape index (κ3) is 2.06. The van der Waals surface area contributed by atoms with Gasteiger partial charge in [-0.25, -0.2) is 4.79 Å². The number of likely N-dealkylation sites (tertiary alicyclic amines) is 1. The van der Waals surface area contributed by atoms with Crippen LogP contribution >= 0.6 is 0 Å². The van der Waals surface area contributed by atoms with Crippen molar-refractivity contribution in [3.8, 4) is 0 Å².